The topological polar surface area (TPSA) is 27.5 Å². The molecule has 9 rings (SSSR count). The first kappa shape index (κ1) is 29.8. The fraction of sp³-hybridized carbons (Fsp3) is 0.0889. The Morgan fingerprint density at radius 3 is 2.04 bits per heavy atom. The molecule has 242 valence electrons. The Balaban J connectivity index is 1.21. The molecule has 2 aromatic heterocycles. The zero-order valence-electron chi connectivity index (χ0n) is 28.2. The highest BCUT2D eigenvalue weighted by Gasteiger charge is 2.28. The number of nitrogens with zero attached hydrogens (tertiary/aromatic N) is 5. The van der Waals surface area contributed by atoms with Crippen molar-refractivity contribution in [2.45, 2.75) is 19.9 Å². The van der Waals surface area contributed by atoms with Gasteiger partial charge in [-0.3, -0.25) is 4.57 Å². The van der Waals surface area contributed by atoms with Crippen molar-refractivity contribution < 1.29 is 0 Å². The van der Waals surface area contributed by atoms with E-state index in [0.29, 0.717) is 6.04 Å². The second kappa shape index (κ2) is 12.3. The van der Waals surface area contributed by atoms with Crippen LogP contribution in [0.1, 0.15) is 13.8 Å². The molecule has 0 bridgehead atoms. The van der Waals surface area contributed by atoms with E-state index >= 15 is 0 Å². The molecule has 5 nitrogen and oxygen atoms in total. The molecule has 0 amide bonds. The number of para-hydroxylation sites is 4. The van der Waals surface area contributed by atoms with Gasteiger partial charge in [-0.25, -0.2) is 4.98 Å². The Bertz CT molecular complexity index is 2470. The van der Waals surface area contributed by atoms with Crippen LogP contribution in [0.15, 0.2) is 170 Å². The van der Waals surface area contributed by atoms with Crippen molar-refractivity contribution in [1.82, 2.24) is 9.55 Å². The minimum absolute atomic E-state index is 0.395. The summed E-state index contributed by atoms with van der Waals surface area (Å²) in [6.07, 6.45) is 1.92. The highest BCUT2D eigenvalue weighted by Crippen LogP contribution is 2.44. The van der Waals surface area contributed by atoms with Crippen molar-refractivity contribution in [3.8, 4) is 16.9 Å². The first-order valence-corrected chi connectivity index (χ1v) is 17.3. The standard InChI is InChI=1S/C45H37N5/c1-32(2)47-31-48(43-23-12-11-22-42(43)47)36-18-13-19-37(29-36)49(35-16-7-4-8-17-35)38-24-25-40-39-20-9-10-21-41(39)50(44(40)30-38)45-28-34(26-27-46-45)33-14-5-3-6-15-33/h3-30,32H,31H2,1-2H3. The molecule has 8 aromatic rings. The predicted molar refractivity (Wildman–Crippen MR) is 210 cm³/mol. The summed E-state index contributed by atoms with van der Waals surface area (Å²) in [7, 11) is 0. The number of pyridine rings is 1. The minimum Gasteiger partial charge on any atom is -0.349 e. The van der Waals surface area contributed by atoms with Gasteiger partial charge in [0, 0.05) is 45.8 Å². The number of hydrogen-bond acceptors (Lipinski definition) is 4. The van der Waals surface area contributed by atoms with Gasteiger partial charge in [0.25, 0.3) is 0 Å². The highest BCUT2D eigenvalue weighted by molar-refractivity contribution is 6.10. The van der Waals surface area contributed by atoms with Crippen molar-refractivity contribution in [3.05, 3.63) is 170 Å². The first-order chi connectivity index (χ1) is 24.6. The quantitative estimate of drug-likeness (QED) is 0.172. The van der Waals surface area contributed by atoms with Crippen LogP contribution in [0.4, 0.5) is 34.1 Å². The van der Waals surface area contributed by atoms with Gasteiger partial charge in [-0.1, -0.05) is 91.0 Å². The van der Waals surface area contributed by atoms with Crippen LogP contribution in [0.2, 0.25) is 0 Å². The average molecular weight is 648 g/mol. The molecule has 0 saturated carbocycles. The maximum atomic E-state index is 4.93. The van der Waals surface area contributed by atoms with E-state index in [0.717, 1.165) is 51.8 Å². The van der Waals surface area contributed by atoms with E-state index in [-0.39, 0.29) is 0 Å². The van der Waals surface area contributed by atoms with Crippen LogP contribution >= 0.6 is 0 Å². The van der Waals surface area contributed by atoms with Gasteiger partial charge in [-0.15, -0.1) is 0 Å². The van der Waals surface area contributed by atoms with Crippen molar-refractivity contribution >= 4 is 55.9 Å². The van der Waals surface area contributed by atoms with E-state index in [9.17, 15) is 0 Å². The molecular formula is C45H37N5. The number of fused-ring (bicyclic) bond motifs is 4. The zero-order valence-corrected chi connectivity index (χ0v) is 28.2. The summed E-state index contributed by atoms with van der Waals surface area (Å²) < 4.78 is 2.31. The third kappa shape index (κ3) is 5.06. The summed E-state index contributed by atoms with van der Waals surface area (Å²) in [5, 5.41) is 2.40. The van der Waals surface area contributed by atoms with Crippen molar-refractivity contribution in [3.63, 3.8) is 0 Å². The van der Waals surface area contributed by atoms with E-state index < -0.39 is 0 Å². The van der Waals surface area contributed by atoms with Crippen molar-refractivity contribution in [2.24, 2.45) is 0 Å². The molecule has 0 saturated heterocycles. The maximum absolute atomic E-state index is 4.93. The van der Waals surface area contributed by atoms with E-state index in [4.69, 9.17) is 4.98 Å². The Hall–Kier alpha value is -6.33. The van der Waals surface area contributed by atoms with Crippen LogP contribution in [0.3, 0.4) is 0 Å². The van der Waals surface area contributed by atoms with Crippen LogP contribution in [0.25, 0.3) is 38.8 Å². The van der Waals surface area contributed by atoms with Gasteiger partial charge in [0.2, 0.25) is 0 Å². The molecule has 1 aliphatic heterocycles. The lowest BCUT2D eigenvalue weighted by Gasteiger charge is -2.28. The number of hydrogen-bond donors (Lipinski definition) is 0. The molecule has 0 radical (unpaired) electrons. The van der Waals surface area contributed by atoms with Gasteiger partial charge < -0.3 is 14.7 Å². The molecule has 0 fully saturated rings. The summed E-state index contributed by atoms with van der Waals surface area (Å²) in [5.74, 6) is 0.894. The van der Waals surface area contributed by atoms with E-state index in [1.54, 1.807) is 0 Å². The van der Waals surface area contributed by atoms with Crippen LogP contribution in [0, 0.1) is 0 Å². The van der Waals surface area contributed by atoms with Crippen molar-refractivity contribution in [2.75, 3.05) is 21.4 Å². The number of benzene rings is 6. The van der Waals surface area contributed by atoms with Gasteiger partial charge in [-0.2, -0.15) is 0 Å². The molecule has 0 aliphatic carbocycles. The number of aromatic nitrogens is 2. The number of rotatable bonds is 7. The fourth-order valence-corrected chi connectivity index (χ4v) is 7.42. The van der Waals surface area contributed by atoms with Gasteiger partial charge >= 0.3 is 0 Å². The Labute approximate surface area is 292 Å². The second-order valence-electron chi connectivity index (χ2n) is 13.1. The number of anilines is 6. The molecule has 3 heterocycles. The van der Waals surface area contributed by atoms with Crippen LogP contribution in [-0.2, 0) is 0 Å². The van der Waals surface area contributed by atoms with Gasteiger partial charge in [0.1, 0.15) is 5.82 Å². The van der Waals surface area contributed by atoms with Crippen LogP contribution in [0.5, 0.6) is 0 Å². The molecular weight excluding hydrogens is 611 g/mol. The van der Waals surface area contributed by atoms with Gasteiger partial charge in [-0.05, 0) is 97.8 Å². The molecule has 50 heavy (non-hydrogen) atoms. The van der Waals surface area contributed by atoms with Crippen LogP contribution < -0.4 is 14.7 Å². The Kier molecular flexibility index (Phi) is 7.32. The second-order valence-corrected chi connectivity index (χ2v) is 13.1. The normalized spacial score (nSPS) is 12.6. The zero-order chi connectivity index (χ0) is 33.6. The summed E-state index contributed by atoms with van der Waals surface area (Å²) in [5.41, 5.74) is 11.5. The summed E-state index contributed by atoms with van der Waals surface area (Å²) in [6.45, 7) is 5.33. The first-order valence-electron chi connectivity index (χ1n) is 17.3. The molecule has 1 aliphatic rings. The largest absolute Gasteiger partial charge is 0.349 e. The Morgan fingerprint density at radius 1 is 0.540 bits per heavy atom. The smallest absolute Gasteiger partial charge is 0.138 e. The SMILES string of the molecule is CC(C)N1CN(c2cccc(N(c3ccccc3)c3ccc4c5ccccc5n(-c5cc(-c6ccccc6)ccn5)c4c3)c2)c2ccccc21. The van der Waals surface area contributed by atoms with E-state index in [1.807, 2.05) is 6.20 Å². The highest BCUT2D eigenvalue weighted by atomic mass is 15.4. The molecule has 0 N–H and O–H groups in total. The van der Waals surface area contributed by atoms with E-state index in [1.165, 1.54) is 27.7 Å². The van der Waals surface area contributed by atoms with Gasteiger partial charge in [0.15, 0.2) is 0 Å². The molecule has 5 heteroatoms. The molecule has 0 spiro atoms. The summed E-state index contributed by atoms with van der Waals surface area (Å²) >= 11 is 0. The summed E-state index contributed by atoms with van der Waals surface area (Å²) in [6, 6.07) is 59.0. The lowest BCUT2D eigenvalue weighted by Crippen LogP contribution is -2.33. The fourth-order valence-electron chi connectivity index (χ4n) is 7.42. The minimum atomic E-state index is 0.395. The monoisotopic (exact) mass is 647 g/mol. The lowest BCUT2D eigenvalue weighted by molar-refractivity contribution is 0.709. The molecule has 6 aromatic carbocycles. The lowest BCUT2D eigenvalue weighted by atomic mass is 10.1. The average Bonchev–Trinajstić information content (AvgIpc) is 3.73. The molecule has 0 unspecified atom stereocenters. The summed E-state index contributed by atoms with van der Waals surface area (Å²) in [4.78, 5) is 12.2. The van der Waals surface area contributed by atoms with Crippen molar-refractivity contribution in [1.29, 1.82) is 0 Å². The maximum Gasteiger partial charge on any atom is 0.138 e. The predicted octanol–water partition coefficient (Wildman–Crippen LogP) is 11.6. The molecule has 0 atom stereocenters. The third-order valence-corrected chi connectivity index (χ3v) is 9.81. The third-order valence-electron chi connectivity index (χ3n) is 9.81. The van der Waals surface area contributed by atoms with Crippen LogP contribution in [-0.4, -0.2) is 22.3 Å². The van der Waals surface area contributed by atoms with E-state index in [2.05, 4.69) is 197 Å². The Morgan fingerprint density at radius 2 is 1.22 bits per heavy atom. The van der Waals surface area contributed by atoms with Gasteiger partial charge in [0.05, 0.1) is 29.1 Å².